The van der Waals surface area contributed by atoms with Gasteiger partial charge in [0.1, 0.15) is 5.82 Å². The van der Waals surface area contributed by atoms with E-state index in [1.807, 2.05) is 0 Å². The van der Waals surface area contributed by atoms with Gasteiger partial charge in [-0.3, -0.25) is 0 Å². The van der Waals surface area contributed by atoms with Crippen LogP contribution in [0.1, 0.15) is 15.9 Å². The second-order valence-electron chi connectivity index (χ2n) is 3.98. The minimum atomic E-state index is -1.15. The Balaban J connectivity index is 2.10. The van der Waals surface area contributed by atoms with Crippen LogP contribution in [0.5, 0.6) is 0 Å². The Morgan fingerprint density at radius 3 is 2.50 bits per heavy atom. The maximum atomic E-state index is 13.7. The molecule has 0 atom stereocenters. The third-order valence-electron chi connectivity index (χ3n) is 2.59. The number of carbonyl (C=O) groups is 1. The summed E-state index contributed by atoms with van der Waals surface area (Å²) in [4.78, 5) is 11.6. The Morgan fingerprint density at radius 2 is 1.90 bits per heavy atom. The molecule has 0 amide bonds. The molecule has 1 N–H and O–H groups in total. The first-order valence-electron chi connectivity index (χ1n) is 5.57. The highest BCUT2D eigenvalue weighted by atomic mass is 35.5. The number of rotatable bonds is 4. The predicted octanol–water partition coefficient (Wildman–Crippen LogP) is 5.12. The monoisotopic (exact) mass is 330 g/mol. The normalized spacial score (nSPS) is 10.6. The molecule has 0 fully saturated rings. The molecule has 20 heavy (non-hydrogen) atoms. The Bertz CT molecular complexity index is 662. The lowest BCUT2D eigenvalue weighted by Gasteiger charge is -2.05. The van der Waals surface area contributed by atoms with Crippen molar-refractivity contribution in [1.29, 1.82) is 0 Å². The summed E-state index contributed by atoms with van der Waals surface area (Å²) in [6.07, 6.45) is 0. The van der Waals surface area contributed by atoms with Crippen molar-refractivity contribution < 1.29 is 14.3 Å². The number of halogens is 3. The number of hydrogen-bond donors (Lipinski definition) is 1. The molecular formula is C14H9Cl2FO2S. The predicted molar refractivity (Wildman–Crippen MR) is 79.4 cm³/mol. The molecule has 0 unspecified atom stereocenters. The van der Waals surface area contributed by atoms with E-state index in [2.05, 4.69) is 0 Å². The van der Waals surface area contributed by atoms with Crippen LogP contribution in [0.4, 0.5) is 4.39 Å². The zero-order valence-corrected chi connectivity index (χ0v) is 12.4. The minimum absolute atomic E-state index is 0.0641. The SMILES string of the molecule is O=C(O)c1ccc(CSc2ccc(Cl)c(Cl)c2)c(F)c1. The second kappa shape index (κ2) is 6.48. The van der Waals surface area contributed by atoms with Crippen LogP contribution >= 0.6 is 35.0 Å². The molecule has 0 saturated heterocycles. The average Bonchev–Trinajstić information content (AvgIpc) is 2.41. The third kappa shape index (κ3) is 3.66. The molecule has 2 aromatic rings. The van der Waals surface area contributed by atoms with Crippen molar-refractivity contribution in [3.05, 3.63) is 63.4 Å². The van der Waals surface area contributed by atoms with Crippen LogP contribution in [0.25, 0.3) is 0 Å². The van der Waals surface area contributed by atoms with E-state index in [0.717, 1.165) is 11.0 Å². The summed E-state index contributed by atoms with van der Waals surface area (Å²) in [5.41, 5.74) is 0.372. The Morgan fingerprint density at radius 1 is 1.15 bits per heavy atom. The summed E-state index contributed by atoms with van der Waals surface area (Å²) in [7, 11) is 0. The minimum Gasteiger partial charge on any atom is -0.478 e. The quantitative estimate of drug-likeness (QED) is 0.790. The lowest BCUT2D eigenvalue weighted by molar-refractivity contribution is 0.0696. The molecule has 0 aromatic heterocycles. The Hall–Kier alpha value is -1.23. The van der Waals surface area contributed by atoms with Gasteiger partial charge in [0.05, 0.1) is 15.6 Å². The number of thioether (sulfide) groups is 1. The maximum absolute atomic E-state index is 13.7. The molecule has 0 radical (unpaired) electrons. The molecule has 104 valence electrons. The summed E-state index contributed by atoms with van der Waals surface area (Å²) in [6.45, 7) is 0. The van der Waals surface area contributed by atoms with Gasteiger partial charge >= 0.3 is 5.97 Å². The van der Waals surface area contributed by atoms with E-state index in [4.69, 9.17) is 28.3 Å². The van der Waals surface area contributed by atoms with Gasteiger partial charge in [0.15, 0.2) is 0 Å². The smallest absolute Gasteiger partial charge is 0.335 e. The zero-order chi connectivity index (χ0) is 14.7. The van der Waals surface area contributed by atoms with Gasteiger partial charge in [0, 0.05) is 10.6 Å². The molecule has 2 nitrogen and oxygen atoms in total. The Labute approximate surface area is 129 Å². The molecule has 6 heteroatoms. The van der Waals surface area contributed by atoms with Gasteiger partial charge in [-0.05, 0) is 35.9 Å². The lowest BCUT2D eigenvalue weighted by Crippen LogP contribution is -1.98. The van der Waals surface area contributed by atoms with Gasteiger partial charge < -0.3 is 5.11 Å². The molecule has 0 heterocycles. The highest BCUT2D eigenvalue weighted by Gasteiger charge is 2.09. The molecule has 0 saturated carbocycles. The average molecular weight is 331 g/mol. The molecular weight excluding hydrogens is 322 g/mol. The number of aromatic carboxylic acids is 1. The van der Waals surface area contributed by atoms with Crippen molar-refractivity contribution in [1.82, 2.24) is 0 Å². The lowest BCUT2D eigenvalue weighted by atomic mass is 10.1. The molecule has 2 rings (SSSR count). The van der Waals surface area contributed by atoms with Crippen molar-refractivity contribution in [2.45, 2.75) is 10.6 Å². The summed E-state index contributed by atoms with van der Waals surface area (Å²) in [5, 5.41) is 9.67. The molecule has 0 aliphatic rings. The fourth-order valence-corrected chi connectivity index (χ4v) is 2.81. The fraction of sp³-hybridized carbons (Fsp3) is 0.0714. The van der Waals surface area contributed by atoms with Crippen molar-refractivity contribution in [2.24, 2.45) is 0 Å². The first kappa shape index (κ1) is 15.2. The van der Waals surface area contributed by atoms with E-state index in [-0.39, 0.29) is 5.56 Å². The standard InChI is InChI=1S/C14H9Cl2FO2S/c15-11-4-3-10(6-12(11)16)20-7-9-2-1-8(14(18)19)5-13(9)17/h1-6H,7H2,(H,18,19). The molecule has 2 aromatic carbocycles. The highest BCUT2D eigenvalue weighted by Crippen LogP contribution is 2.30. The van der Waals surface area contributed by atoms with Crippen LogP contribution in [0.2, 0.25) is 10.0 Å². The van der Waals surface area contributed by atoms with Gasteiger partial charge in [0.2, 0.25) is 0 Å². The number of hydrogen-bond acceptors (Lipinski definition) is 2. The first-order chi connectivity index (χ1) is 9.47. The zero-order valence-electron chi connectivity index (χ0n) is 10.1. The van der Waals surface area contributed by atoms with Gasteiger partial charge in [-0.15, -0.1) is 11.8 Å². The van der Waals surface area contributed by atoms with Crippen molar-refractivity contribution >= 4 is 40.9 Å². The largest absolute Gasteiger partial charge is 0.478 e. The summed E-state index contributed by atoms with van der Waals surface area (Å²) in [6, 6.07) is 9.06. The van der Waals surface area contributed by atoms with Gasteiger partial charge in [0.25, 0.3) is 0 Å². The van der Waals surface area contributed by atoms with Crippen LogP contribution in [0.15, 0.2) is 41.3 Å². The van der Waals surface area contributed by atoms with E-state index in [9.17, 15) is 9.18 Å². The summed E-state index contributed by atoms with van der Waals surface area (Å²) < 4.78 is 13.7. The van der Waals surface area contributed by atoms with Gasteiger partial charge in [-0.1, -0.05) is 29.3 Å². The van der Waals surface area contributed by atoms with Crippen molar-refractivity contribution in [3.63, 3.8) is 0 Å². The number of carboxylic acids is 1. The second-order valence-corrected chi connectivity index (χ2v) is 5.84. The fourth-order valence-electron chi connectivity index (χ4n) is 1.53. The molecule has 0 aliphatic heterocycles. The van der Waals surface area contributed by atoms with E-state index in [1.165, 1.54) is 23.9 Å². The van der Waals surface area contributed by atoms with Crippen LogP contribution in [-0.2, 0) is 5.75 Å². The first-order valence-corrected chi connectivity index (χ1v) is 7.31. The van der Waals surface area contributed by atoms with Crippen molar-refractivity contribution in [2.75, 3.05) is 0 Å². The number of carboxylic acid groups (broad SMARTS) is 1. The maximum Gasteiger partial charge on any atom is 0.335 e. The molecule has 0 bridgehead atoms. The van der Waals surface area contributed by atoms with E-state index >= 15 is 0 Å². The van der Waals surface area contributed by atoms with Crippen LogP contribution in [0, 0.1) is 5.82 Å². The molecule has 0 spiro atoms. The molecule has 0 aliphatic carbocycles. The van der Waals surface area contributed by atoms with E-state index in [0.29, 0.717) is 21.4 Å². The summed E-state index contributed by atoms with van der Waals surface area (Å²) in [5.74, 6) is -1.30. The third-order valence-corrected chi connectivity index (χ3v) is 4.37. The van der Waals surface area contributed by atoms with Crippen LogP contribution in [-0.4, -0.2) is 11.1 Å². The van der Waals surface area contributed by atoms with Crippen molar-refractivity contribution in [3.8, 4) is 0 Å². The van der Waals surface area contributed by atoms with Crippen LogP contribution < -0.4 is 0 Å². The summed E-state index contributed by atoms with van der Waals surface area (Å²) >= 11 is 13.1. The van der Waals surface area contributed by atoms with Gasteiger partial charge in [-0.25, -0.2) is 9.18 Å². The number of benzene rings is 2. The van der Waals surface area contributed by atoms with Crippen LogP contribution in [0.3, 0.4) is 0 Å². The van der Waals surface area contributed by atoms with E-state index < -0.39 is 11.8 Å². The van der Waals surface area contributed by atoms with Gasteiger partial charge in [-0.2, -0.15) is 0 Å². The Kier molecular flexibility index (Phi) is 4.91. The highest BCUT2D eigenvalue weighted by molar-refractivity contribution is 7.98. The van der Waals surface area contributed by atoms with E-state index in [1.54, 1.807) is 18.2 Å². The topological polar surface area (TPSA) is 37.3 Å².